The predicted octanol–water partition coefficient (Wildman–Crippen LogP) is 1.26. The second kappa shape index (κ2) is 7.80. The molecule has 2 aliphatic heterocycles. The van der Waals surface area contributed by atoms with Crippen LogP contribution in [0.4, 0.5) is 0 Å². The number of thioether (sulfide) groups is 1. The molecule has 0 aromatic carbocycles. The number of hydrogen-bond donors (Lipinski definition) is 1. The zero-order chi connectivity index (χ0) is 13.5. The lowest BCUT2D eigenvalue weighted by molar-refractivity contribution is 0.259. The smallest absolute Gasteiger partial charge is 0.193 e. The number of rotatable bonds is 5. The topological polar surface area (TPSA) is 30.9 Å². The van der Waals surface area contributed by atoms with Crippen LogP contribution in [0.3, 0.4) is 0 Å². The molecule has 0 spiro atoms. The molecule has 0 amide bonds. The van der Waals surface area contributed by atoms with Crippen molar-refractivity contribution in [2.24, 2.45) is 4.99 Å². The third-order valence-corrected chi connectivity index (χ3v) is 4.54. The maximum atomic E-state index is 4.42. The quantitative estimate of drug-likeness (QED) is 0.356. The van der Waals surface area contributed by atoms with Crippen LogP contribution >= 0.6 is 11.8 Å². The Kier molecular flexibility index (Phi) is 6.04. The van der Waals surface area contributed by atoms with Gasteiger partial charge >= 0.3 is 0 Å². The van der Waals surface area contributed by atoms with Gasteiger partial charge in [-0.05, 0) is 24.9 Å². The van der Waals surface area contributed by atoms with Gasteiger partial charge in [0.1, 0.15) is 0 Å². The fourth-order valence-electron chi connectivity index (χ4n) is 2.77. The maximum absolute atomic E-state index is 4.42. The van der Waals surface area contributed by atoms with Crippen molar-refractivity contribution in [3.63, 3.8) is 0 Å². The third kappa shape index (κ3) is 4.14. The molecule has 4 nitrogen and oxygen atoms in total. The molecule has 1 N–H and O–H groups in total. The largest absolute Gasteiger partial charge is 0.356 e. The van der Waals surface area contributed by atoms with E-state index in [1.807, 2.05) is 18.8 Å². The highest BCUT2D eigenvalue weighted by atomic mass is 32.2. The number of nitrogens with one attached hydrogen (secondary N) is 1. The molecule has 2 rings (SSSR count). The van der Waals surface area contributed by atoms with Gasteiger partial charge in [0.25, 0.3) is 0 Å². The number of aliphatic imine (C=N–C) groups is 1. The zero-order valence-electron chi connectivity index (χ0n) is 12.1. The van der Waals surface area contributed by atoms with Crippen LogP contribution in [-0.2, 0) is 0 Å². The molecule has 1 fully saturated rings. The van der Waals surface area contributed by atoms with Crippen LogP contribution in [0.2, 0.25) is 0 Å². The fourth-order valence-corrected chi connectivity index (χ4v) is 3.21. The molecule has 1 unspecified atom stereocenters. The maximum Gasteiger partial charge on any atom is 0.193 e. The van der Waals surface area contributed by atoms with E-state index in [0.717, 1.165) is 38.7 Å². The van der Waals surface area contributed by atoms with Gasteiger partial charge in [0, 0.05) is 45.8 Å². The molecule has 0 radical (unpaired) electrons. The monoisotopic (exact) mass is 282 g/mol. The van der Waals surface area contributed by atoms with Gasteiger partial charge in [-0.1, -0.05) is 12.2 Å². The van der Waals surface area contributed by atoms with E-state index in [-0.39, 0.29) is 0 Å². The normalized spacial score (nSPS) is 24.4. The van der Waals surface area contributed by atoms with Gasteiger partial charge in [0.2, 0.25) is 0 Å². The Morgan fingerprint density at radius 1 is 1.42 bits per heavy atom. The highest BCUT2D eigenvalue weighted by molar-refractivity contribution is 7.98. The first-order valence-corrected chi connectivity index (χ1v) is 8.58. The standard InChI is InChI=1S/C14H26N4S/c1-15-14(16-7-5-11-19-2)18-10-6-13(12-18)17-8-3-4-9-17/h3-4,13H,5-12H2,1-2H3,(H,15,16). The molecule has 0 saturated carbocycles. The molecule has 0 aromatic heterocycles. The molecule has 19 heavy (non-hydrogen) atoms. The van der Waals surface area contributed by atoms with Crippen LogP contribution in [0.25, 0.3) is 0 Å². The van der Waals surface area contributed by atoms with Crippen LogP contribution < -0.4 is 5.32 Å². The van der Waals surface area contributed by atoms with E-state index < -0.39 is 0 Å². The Bertz CT molecular complexity index is 321. The van der Waals surface area contributed by atoms with Crippen molar-refractivity contribution in [3.05, 3.63) is 12.2 Å². The number of nitrogens with zero attached hydrogens (tertiary/aromatic N) is 3. The summed E-state index contributed by atoms with van der Waals surface area (Å²) in [5.74, 6) is 2.29. The van der Waals surface area contributed by atoms with Gasteiger partial charge in [0.15, 0.2) is 5.96 Å². The number of likely N-dealkylation sites (tertiary alicyclic amines) is 1. The van der Waals surface area contributed by atoms with E-state index in [9.17, 15) is 0 Å². The minimum Gasteiger partial charge on any atom is -0.356 e. The molecule has 0 aromatic rings. The predicted molar refractivity (Wildman–Crippen MR) is 85.1 cm³/mol. The van der Waals surface area contributed by atoms with Gasteiger partial charge in [-0.3, -0.25) is 9.89 Å². The third-order valence-electron chi connectivity index (χ3n) is 3.85. The second-order valence-electron chi connectivity index (χ2n) is 5.13. The van der Waals surface area contributed by atoms with E-state index in [2.05, 4.69) is 38.5 Å². The van der Waals surface area contributed by atoms with Crippen LogP contribution in [0.5, 0.6) is 0 Å². The summed E-state index contributed by atoms with van der Waals surface area (Å²) in [6.07, 6.45) is 9.17. The van der Waals surface area contributed by atoms with Crippen LogP contribution in [-0.4, -0.2) is 73.6 Å². The highest BCUT2D eigenvalue weighted by Crippen LogP contribution is 2.17. The molecule has 5 heteroatoms. The van der Waals surface area contributed by atoms with Crippen molar-refractivity contribution < 1.29 is 0 Å². The minimum atomic E-state index is 0.694. The Hall–Kier alpha value is -0.680. The Balaban J connectivity index is 1.74. The van der Waals surface area contributed by atoms with E-state index in [0.29, 0.717) is 6.04 Å². The van der Waals surface area contributed by atoms with Crippen molar-refractivity contribution >= 4 is 17.7 Å². The lowest BCUT2D eigenvalue weighted by atomic mass is 10.2. The van der Waals surface area contributed by atoms with E-state index >= 15 is 0 Å². The fraction of sp³-hybridized carbons (Fsp3) is 0.786. The summed E-state index contributed by atoms with van der Waals surface area (Å²) < 4.78 is 0. The summed E-state index contributed by atoms with van der Waals surface area (Å²) in [6, 6.07) is 0.694. The summed E-state index contributed by atoms with van der Waals surface area (Å²) in [4.78, 5) is 9.38. The van der Waals surface area contributed by atoms with Crippen molar-refractivity contribution in [2.75, 3.05) is 51.8 Å². The van der Waals surface area contributed by atoms with Crippen molar-refractivity contribution in [1.29, 1.82) is 0 Å². The number of guanidine groups is 1. The molecular formula is C14H26N4S. The Morgan fingerprint density at radius 3 is 2.89 bits per heavy atom. The molecule has 2 aliphatic rings. The first kappa shape index (κ1) is 14.7. The average Bonchev–Trinajstić information content (AvgIpc) is 3.09. The molecule has 2 heterocycles. The van der Waals surface area contributed by atoms with Gasteiger partial charge in [-0.25, -0.2) is 0 Å². The summed E-state index contributed by atoms with van der Waals surface area (Å²) in [6.45, 7) is 5.52. The van der Waals surface area contributed by atoms with E-state index in [4.69, 9.17) is 0 Å². The average molecular weight is 282 g/mol. The van der Waals surface area contributed by atoms with Crippen molar-refractivity contribution in [2.45, 2.75) is 18.9 Å². The first-order valence-electron chi connectivity index (χ1n) is 7.18. The lowest BCUT2D eigenvalue weighted by Gasteiger charge is -2.25. The molecule has 0 bridgehead atoms. The minimum absolute atomic E-state index is 0.694. The zero-order valence-corrected chi connectivity index (χ0v) is 13.0. The molecule has 1 atom stereocenters. The van der Waals surface area contributed by atoms with Crippen LogP contribution in [0, 0.1) is 0 Å². The van der Waals surface area contributed by atoms with Crippen molar-refractivity contribution in [3.8, 4) is 0 Å². The lowest BCUT2D eigenvalue weighted by Crippen LogP contribution is -2.43. The van der Waals surface area contributed by atoms with Crippen LogP contribution in [0.15, 0.2) is 17.1 Å². The molecule has 108 valence electrons. The van der Waals surface area contributed by atoms with E-state index in [1.165, 1.54) is 18.6 Å². The first-order chi connectivity index (χ1) is 9.35. The van der Waals surface area contributed by atoms with Gasteiger partial charge in [-0.15, -0.1) is 0 Å². The van der Waals surface area contributed by atoms with Crippen LogP contribution in [0.1, 0.15) is 12.8 Å². The second-order valence-corrected chi connectivity index (χ2v) is 6.12. The Labute approximate surface area is 121 Å². The SMILES string of the molecule is CN=C(NCCCSC)N1CCC(N2CC=CC2)C1. The highest BCUT2D eigenvalue weighted by Gasteiger charge is 2.29. The summed E-state index contributed by atoms with van der Waals surface area (Å²) >= 11 is 1.90. The van der Waals surface area contributed by atoms with Gasteiger partial charge in [0.05, 0.1) is 0 Å². The van der Waals surface area contributed by atoms with Crippen molar-refractivity contribution in [1.82, 2.24) is 15.1 Å². The number of hydrogen-bond acceptors (Lipinski definition) is 3. The summed E-state index contributed by atoms with van der Waals surface area (Å²) in [5, 5.41) is 3.49. The molecule has 1 saturated heterocycles. The van der Waals surface area contributed by atoms with Gasteiger partial charge < -0.3 is 10.2 Å². The van der Waals surface area contributed by atoms with Gasteiger partial charge in [-0.2, -0.15) is 11.8 Å². The summed E-state index contributed by atoms with van der Waals surface area (Å²) in [5.41, 5.74) is 0. The summed E-state index contributed by atoms with van der Waals surface area (Å²) in [7, 11) is 1.89. The molecule has 0 aliphatic carbocycles. The van der Waals surface area contributed by atoms with E-state index in [1.54, 1.807) is 0 Å². The molecular weight excluding hydrogens is 256 g/mol. The Morgan fingerprint density at radius 2 is 2.21 bits per heavy atom.